The monoisotopic (exact) mass is 579 g/mol. The van der Waals surface area contributed by atoms with E-state index in [-0.39, 0.29) is 11.9 Å². The molecule has 0 bridgehead atoms. The number of halogens is 1. The number of benzene rings is 4. The third-order valence-electron chi connectivity index (χ3n) is 7.58. The number of amides is 1. The van der Waals surface area contributed by atoms with Crippen LogP contribution < -0.4 is 14.2 Å². The molecule has 4 aromatic carbocycles. The molecule has 2 heterocycles. The zero-order chi connectivity index (χ0) is 29.1. The van der Waals surface area contributed by atoms with Crippen molar-refractivity contribution in [3.05, 3.63) is 130 Å². The van der Waals surface area contributed by atoms with Gasteiger partial charge in [-0.2, -0.15) is 5.10 Å². The molecule has 1 amide bonds. The maximum atomic E-state index is 13.8. The van der Waals surface area contributed by atoms with Crippen LogP contribution in [0.2, 0.25) is 5.02 Å². The molecule has 0 radical (unpaired) electrons. The molecule has 0 aliphatic carbocycles. The van der Waals surface area contributed by atoms with Crippen LogP contribution in [-0.4, -0.2) is 41.8 Å². The van der Waals surface area contributed by atoms with E-state index in [4.69, 9.17) is 25.8 Å². The van der Waals surface area contributed by atoms with Gasteiger partial charge in [0, 0.05) is 28.3 Å². The summed E-state index contributed by atoms with van der Waals surface area (Å²) in [5, 5.41) is 8.29. The van der Waals surface area contributed by atoms with Crippen LogP contribution in [0.4, 0.5) is 0 Å². The predicted octanol–water partition coefficient (Wildman–Crippen LogP) is 7.11. The van der Waals surface area contributed by atoms with Gasteiger partial charge in [0.1, 0.15) is 29.5 Å². The molecule has 5 aromatic rings. The SMILES string of the molecule is COc1ccc(CCN2C(=O)c3[nH]nc(-c4ccc(OC)cc4)c3C2c2ccc(OCc3ccccc3Cl)cc2)cc1. The fraction of sp³-hybridized carbons (Fsp3) is 0.176. The first-order chi connectivity index (χ1) is 20.6. The molecule has 42 heavy (non-hydrogen) atoms. The van der Waals surface area contributed by atoms with Gasteiger partial charge in [0.2, 0.25) is 0 Å². The Labute approximate surface area is 249 Å². The summed E-state index contributed by atoms with van der Waals surface area (Å²) in [6, 6.07) is 30.9. The molecule has 212 valence electrons. The van der Waals surface area contributed by atoms with E-state index >= 15 is 0 Å². The Bertz CT molecular complexity index is 1680. The number of aromatic nitrogens is 2. The highest BCUT2D eigenvalue weighted by atomic mass is 35.5. The molecule has 7 nitrogen and oxygen atoms in total. The molecule has 1 aromatic heterocycles. The third-order valence-corrected chi connectivity index (χ3v) is 7.94. The zero-order valence-electron chi connectivity index (χ0n) is 23.3. The second-order valence-electron chi connectivity index (χ2n) is 10.0. The van der Waals surface area contributed by atoms with Gasteiger partial charge in [0.25, 0.3) is 5.91 Å². The minimum absolute atomic E-state index is 0.0742. The first-order valence-corrected chi connectivity index (χ1v) is 14.1. The number of methoxy groups -OCH3 is 2. The molecule has 8 heteroatoms. The Hall–Kier alpha value is -4.75. The number of aromatic amines is 1. The molecule has 6 rings (SSSR count). The molecule has 1 atom stereocenters. The van der Waals surface area contributed by atoms with Crippen molar-refractivity contribution in [2.24, 2.45) is 0 Å². The number of hydrogen-bond acceptors (Lipinski definition) is 5. The highest BCUT2D eigenvalue weighted by molar-refractivity contribution is 6.31. The van der Waals surface area contributed by atoms with Crippen molar-refractivity contribution in [1.82, 2.24) is 15.1 Å². The number of carbonyl (C=O) groups is 1. The van der Waals surface area contributed by atoms with Gasteiger partial charge in [-0.15, -0.1) is 0 Å². The summed E-state index contributed by atoms with van der Waals surface area (Å²) in [5.74, 6) is 2.20. The normalized spacial score (nSPS) is 14.1. The third kappa shape index (κ3) is 5.43. The van der Waals surface area contributed by atoms with Crippen LogP contribution in [0.25, 0.3) is 11.3 Å². The summed E-state index contributed by atoms with van der Waals surface area (Å²) >= 11 is 6.30. The quantitative estimate of drug-likeness (QED) is 0.191. The molecule has 1 aliphatic heterocycles. The number of fused-ring (bicyclic) bond motifs is 1. The topological polar surface area (TPSA) is 76.7 Å². The van der Waals surface area contributed by atoms with E-state index in [9.17, 15) is 4.79 Å². The van der Waals surface area contributed by atoms with Crippen molar-refractivity contribution >= 4 is 17.5 Å². The maximum Gasteiger partial charge on any atom is 0.273 e. The summed E-state index contributed by atoms with van der Waals surface area (Å²) in [4.78, 5) is 15.7. The lowest BCUT2D eigenvalue weighted by atomic mass is 9.95. The largest absolute Gasteiger partial charge is 0.497 e. The number of nitrogens with zero attached hydrogens (tertiary/aromatic N) is 2. The summed E-state index contributed by atoms with van der Waals surface area (Å²) < 4.78 is 16.7. The van der Waals surface area contributed by atoms with Crippen molar-refractivity contribution in [3.63, 3.8) is 0 Å². The summed E-state index contributed by atoms with van der Waals surface area (Å²) in [7, 11) is 3.29. The maximum absolute atomic E-state index is 13.8. The second-order valence-corrected chi connectivity index (χ2v) is 10.4. The van der Waals surface area contributed by atoms with Crippen LogP contribution in [0, 0.1) is 0 Å². The number of H-pyrrole nitrogens is 1. The summed E-state index contributed by atoms with van der Waals surface area (Å²) in [6.45, 7) is 0.896. The van der Waals surface area contributed by atoms with E-state index in [1.54, 1.807) is 14.2 Å². The summed E-state index contributed by atoms with van der Waals surface area (Å²) in [5.41, 5.74) is 6.04. The molecule has 1 aliphatic rings. The van der Waals surface area contributed by atoms with Crippen molar-refractivity contribution < 1.29 is 19.0 Å². The van der Waals surface area contributed by atoms with Gasteiger partial charge in [-0.1, -0.05) is 54.1 Å². The first-order valence-electron chi connectivity index (χ1n) is 13.7. The van der Waals surface area contributed by atoms with E-state index in [0.717, 1.165) is 50.8 Å². The summed E-state index contributed by atoms with van der Waals surface area (Å²) in [6.07, 6.45) is 0.695. The molecule has 0 spiro atoms. The highest BCUT2D eigenvalue weighted by Crippen LogP contribution is 2.43. The number of ether oxygens (including phenoxy) is 3. The average Bonchev–Trinajstić information content (AvgIpc) is 3.58. The van der Waals surface area contributed by atoms with Crippen LogP contribution in [0.15, 0.2) is 97.1 Å². The molecular weight excluding hydrogens is 550 g/mol. The Morgan fingerprint density at radius 1 is 0.833 bits per heavy atom. The molecule has 0 saturated carbocycles. The van der Waals surface area contributed by atoms with E-state index < -0.39 is 0 Å². The average molecular weight is 580 g/mol. The van der Waals surface area contributed by atoms with Gasteiger partial charge in [-0.3, -0.25) is 9.89 Å². The van der Waals surface area contributed by atoms with Crippen LogP contribution in [0.1, 0.15) is 38.8 Å². The Kier molecular flexibility index (Phi) is 7.84. The molecule has 0 fully saturated rings. The minimum Gasteiger partial charge on any atom is -0.497 e. The Balaban J connectivity index is 1.31. The number of hydrogen-bond donors (Lipinski definition) is 1. The zero-order valence-corrected chi connectivity index (χ0v) is 24.1. The van der Waals surface area contributed by atoms with Crippen molar-refractivity contribution in [3.8, 4) is 28.5 Å². The van der Waals surface area contributed by atoms with E-state index in [0.29, 0.717) is 30.3 Å². The van der Waals surface area contributed by atoms with Crippen molar-refractivity contribution in [2.75, 3.05) is 20.8 Å². The van der Waals surface area contributed by atoms with E-state index in [2.05, 4.69) is 10.2 Å². The highest BCUT2D eigenvalue weighted by Gasteiger charge is 2.42. The lowest BCUT2D eigenvalue weighted by molar-refractivity contribution is 0.0746. The van der Waals surface area contributed by atoms with Crippen LogP contribution >= 0.6 is 11.6 Å². The number of nitrogens with one attached hydrogen (secondary N) is 1. The molecular formula is C34H30ClN3O4. The smallest absolute Gasteiger partial charge is 0.273 e. The number of carbonyl (C=O) groups excluding carboxylic acids is 1. The van der Waals surface area contributed by atoms with Gasteiger partial charge >= 0.3 is 0 Å². The lowest BCUT2D eigenvalue weighted by Crippen LogP contribution is -2.31. The first kappa shape index (κ1) is 27.4. The van der Waals surface area contributed by atoms with E-state index in [1.165, 1.54) is 0 Å². The molecule has 1 N–H and O–H groups in total. The number of rotatable bonds is 10. The van der Waals surface area contributed by atoms with Gasteiger partial charge in [0.15, 0.2) is 0 Å². The Morgan fingerprint density at radius 3 is 2.14 bits per heavy atom. The standard InChI is InChI=1S/C34H30ClN3O4/c1-40-26-13-7-22(8-14-26)19-20-38-33(24-11-17-28(18-12-24)42-21-25-5-3-4-6-29(25)35)30-31(36-37-32(30)34(38)39)23-9-15-27(41-2)16-10-23/h3-18,33H,19-21H2,1-2H3,(H,36,37). The minimum atomic E-state index is -0.320. The van der Waals surface area contributed by atoms with Crippen LogP contribution in [0.5, 0.6) is 17.2 Å². The van der Waals surface area contributed by atoms with Gasteiger partial charge in [-0.25, -0.2) is 0 Å². The lowest BCUT2D eigenvalue weighted by Gasteiger charge is -2.26. The van der Waals surface area contributed by atoms with Gasteiger partial charge < -0.3 is 19.1 Å². The van der Waals surface area contributed by atoms with Crippen molar-refractivity contribution in [2.45, 2.75) is 19.1 Å². The molecule has 0 saturated heterocycles. The van der Waals surface area contributed by atoms with Crippen molar-refractivity contribution in [1.29, 1.82) is 0 Å². The second kappa shape index (κ2) is 12.0. The molecule has 1 unspecified atom stereocenters. The van der Waals surface area contributed by atoms with Gasteiger partial charge in [-0.05, 0) is 72.1 Å². The van der Waals surface area contributed by atoms with Crippen LogP contribution in [-0.2, 0) is 13.0 Å². The Morgan fingerprint density at radius 2 is 1.48 bits per heavy atom. The fourth-order valence-corrected chi connectivity index (χ4v) is 5.50. The van der Waals surface area contributed by atoms with Crippen LogP contribution in [0.3, 0.4) is 0 Å². The van der Waals surface area contributed by atoms with E-state index in [1.807, 2.05) is 102 Å². The van der Waals surface area contributed by atoms with Gasteiger partial charge in [0.05, 0.1) is 26.0 Å². The predicted molar refractivity (Wildman–Crippen MR) is 162 cm³/mol. The fourth-order valence-electron chi connectivity index (χ4n) is 5.31.